The molecule has 1 aromatic heterocycles. The molecule has 6 nitrogen and oxygen atoms in total. The monoisotopic (exact) mass is 210 g/mol. The van der Waals surface area contributed by atoms with Crippen LogP contribution in [0.4, 0.5) is 0 Å². The molecule has 0 aliphatic heterocycles. The van der Waals surface area contributed by atoms with Crippen LogP contribution < -0.4 is 11.1 Å². The molecule has 1 aromatic rings. The van der Waals surface area contributed by atoms with Crippen LogP contribution in [0.2, 0.25) is 0 Å². The predicted molar refractivity (Wildman–Crippen MR) is 51.6 cm³/mol. The highest BCUT2D eigenvalue weighted by molar-refractivity contribution is 5.75. The highest BCUT2D eigenvalue weighted by Gasteiger charge is 2.23. The standard InChI is InChI=1S/C9H14N4O2/c10-7(14)4-11-5-9-12-8(13-15-9)3-6-1-2-6/h6,11H,1-5H2,(H2,10,14). The quantitative estimate of drug-likeness (QED) is 0.666. The van der Waals surface area contributed by atoms with Crippen molar-refractivity contribution in [3.8, 4) is 0 Å². The van der Waals surface area contributed by atoms with E-state index in [2.05, 4.69) is 15.5 Å². The average Bonchev–Trinajstić information content (AvgIpc) is 2.86. The van der Waals surface area contributed by atoms with Crippen LogP contribution in [0.15, 0.2) is 4.52 Å². The van der Waals surface area contributed by atoms with Crippen molar-refractivity contribution in [2.24, 2.45) is 11.7 Å². The molecule has 1 amide bonds. The number of hydrogen-bond acceptors (Lipinski definition) is 5. The first-order valence-corrected chi connectivity index (χ1v) is 5.04. The van der Waals surface area contributed by atoms with E-state index in [1.54, 1.807) is 0 Å². The van der Waals surface area contributed by atoms with Gasteiger partial charge in [0.25, 0.3) is 0 Å². The van der Waals surface area contributed by atoms with Gasteiger partial charge in [-0.15, -0.1) is 0 Å². The van der Waals surface area contributed by atoms with E-state index in [4.69, 9.17) is 10.3 Å². The highest BCUT2D eigenvalue weighted by atomic mass is 16.5. The van der Waals surface area contributed by atoms with Gasteiger partial charge in [0.15, 0.2) is 5.82 Å². The van der Waals surface area contributed by atoms with E-state index >= 15 is 0 Å². The summed E-state index contributed by atoms with van der Waals surface area (Å²) in [5.41, 5.74) is 4.97. The number of rotatable bonds is 6. The number of nitrogens with one attached hydrogen (secondary N) is 1. The van der Waals surface area contributed by atoms with Crippen LogP contribution >= 0.6 is 0 Å². The van der Waals surface area contributed by atoms with E-state index in [0.29, 0.717) is 12.4 Å². The first-order chi connectivity index (χ1) is 7.24. The number of aromatic nitrogens is 2. The summed E-state index contributed by atoms with van der Waals surface area (Å²) in [4.78, 5) is 14.6. The summed E-state index contributed by atoms with van der Waals surface area (Å²) >= 11 is 0. The van der Waals surface area contributed by atoms with Gasteiger partial charge in [-0.1, -0.05) is 5.16 Å². The summed E-state index contributed by atoms with van der Waals surface area (Å²) in [6, 6.07) is 0. The molecule has 82 valence electrons. The maximum Gasteiger partial charge on any atom is 0.240 e. The topological polar surface area (TPSA) is 94.0 Å². The number of carbonyl (C=O) groups excluding carboxylic acids is 1. The van der Waals surface area contributed by atoms with Crippen molar-refractivity contribution in [2.75, 3.05) is 6.54 Å². The van der Waals surface area contributed by atoms with Crippen LogP contribution in [0.1, 0.15) is 24.6 Å². The lowest BCUT2D eigenvalue weighted by molar-refractivity contribution is -0.117. The van der Waals surface area contributed by atoms with Gasteiger partial charge in [0.1, 0.15) is 0 Å². The Morgan fingerprint density at radius 2 is 2.40 bits per heavy atom. The third-order valence-electron chi connectivity index (χ3n) is 2.25. The van der Waals surface area contributed by atoms with E-state index < -0.39 is 5.91 Å². The van der Waals surface area contributed by atoms with Gasteiger partial charge >= 0.3 is 0 Å². The Kier molecular flexibility index (Phi) is 2.96. The number of primary amides is 1. The lowest BCUT2D eigenvalue weighted by Gasteiger charge is -1.95. The lowest BCUT2D eigenvalue weighted by atomic mass is 10.3. The van der Waals surface area contributed by atoms with E-state index in [0.717, 1.165) is 18.2 Å². The fourth-order valence-corrected chi connectivity index (χ4v) is 1.32. The molecule has 6 heteroatoms. The maximum atomic E-state index is 10.4. The minimum Gasteiger partial charge on any atom is -0.369 e. The molecule has 0 aromatic carbocycles. The van der Waals surface area contributed by atoms with Gasteiger partial charge in [-0.3, -0.25) is 10.1 Å². The average molecular weight is 210 g/mol. The van der Waals surface area contributed by atoms with Crippen LogP contribution in [0.5, 0.6) is 0 Å². The van der Waals surface area contributed by atoms with Crippen molar-refractivity contribution in [3.05, 3.63) is 11.7 Å². The van der Waals surface area contributed by atoms with Crippen molar-refractivity contribution in [1.29, 1.82) is 0 Å². The molecule has 0 atom stereocenters. The molecule has 2 rings (SSSR count). The molecule has 0 spiro atoms. The summed E-state index contributed by atoms with van der Waals surface area (Å²) in [6.45, 7) is 0.515. The number of hydrogen-bond donors (Lipinski definition) is 2. The van der Waals surface area contributed by atoms with Crippen LogP contribution in [0.25, 0.3) is 0 Å². The Morgan fingerprint density at radius 1 is 1.60 bits per heavy atom. The van der Waals surface area contributed by atoms with Crippen molar-refractivity contribution < 1.29 is 9.32 Å². The van der Waals surface area contributed by atoms with Crippen molar-refractivity contribution in [2.45, 2.75) is 25.8 Å². The van der Waals surface area contributed by atoms with Gasteiger partial charge < -0.3 is 10.3 Å². The number of nitrogens with zero attached hydrogens (tertiary/aromatic N) is 2. The molecule has 1 fully saturated rings. The van der Waals surface area contributed by atoms with E-state index in [1.165, 1.54) is 12.8 Å². The van der Waals surface area contributed by atoms with Gasteiger partial charge in [-0.05, 0) is 18.8 Å². The summed E-state index contributed by atoms with van der Waals surface area (Å²) in [7, 11) is 0. The summed E-state index contributed by atoms with van der Waals surface area (Å²) in [6.07, 6.45) is 3.44. The second-order valence-corrected chi connectivity index (χ2v) is 3.82. The SMILES string of the molecule is NC(=O)CNCc1nc(CC2CC2)no1. The van der Waals surface area contributed by atoms with Crippen molar-refractivity contribution >= 4 is 5.91 Å². The minimum absolute atomic E-state index is 0.125. The maximum absolute atomic E-state index is 10.4. The molecule has 3 N–H and O–H groups in total. The second kappa shape index (κ2) is 4.39. The molecule has 0 radical (unpaired) electrons. The summed E-state index contributed by atoms with van der Waals surface area (Å²) in [5, 5.41) is 6.66. The molecule has 1 aliphatic carbocycles. The van der Waals surface area contributed by atoms with Crippen LogP contribution in [-0.2, 0) is 17.8 Å². The van der Waals surface area contributed by atoms with Crippen LogP contribution in [0, 0.1) is 5.92 Å². The Hall–Kier alpha value is -1.43. The smallest absolute Gasteiger partial charge is 0.240 e. The zero-order valence-electron chi connectivity index (χ0n) is 8.40. The molecule has 1 heterocycles. The van der Waals surface area contributed by atoms with Gasteiger partial charge in [0.2, 0.25) is 11.8 Å². The van der Waals surface area contributed by atoms with E-state index in [9.17, 15) is 4.79 Å². The third-order valence-corrected chi connectivity index (χ3v) is 2.25. The Bertz CT molecular complexity index is 346. The fourth-order valence-electron chi connectivity index (χ4n) is 1.32. The first-order valence-electron chi connectivity index (χ1n) is 5.04. The Morgan fingerprint density at radius 3 is 3.07 bits per heavy atom. The van der Waals surface area contributed by atoms with Crippen molar-refractivity contribution in [1.82, 2.24) is 15.5 Å². The molecule has 1 aliphatic rings. The zero-order chi connectivity index (χ0) is 10.7. The van der Waals surface area contributed by atoms with E-state index in [1.807, 2.05) is 0 Å². The molecular weight excluding hydrogens is 196 g/mol. The van der Waals surface area contributed by atoms with Gasteiger partial charge in [0.05, 0.1) is 13.1 Å². The zero-order valence-corrected chi connectivity index (χ0v) is 8.40. The molecule has 0 bridgehead atoms. The summed E-state index contributed by atoms with van der Waals surface area (Å²) in [5.74, 6) is 1.61. The van der Waals surface area contributed by atoms with Gasteiger partial charge in [-0.25, -0.2) is 0 Å². The Labute approximate surface area is 87.2 Å². The third kappa shape index (κ3) is 3.32. The van der Waals surface area contributed by atoms with Crippen LogP contribution in [0.3, 0.4) is 0 Å². The Balaban J connectivity index is 1.75. The highest BCUT2D eigenvalue weighted by Crippen LogP contribution is 2.31. The first kappa shape index (κ1) is 10.1. The fraction of sp³-hybridized carbons (Fsp3) is 0.667. The molecule has 15 heavy (non-hydrogen) atoms. The summed E-state index contributed by atoms with van der Waals surface area (Å²) < 4.78 is 5.00. The number of nitrogens with two attached hydrogens (primary N) is 1. The molecule has 0 unspecified atom stereocenters. The minimum atomic E-state index is -0.396. The molecule has 1 saturated carbocycles. The van der Waals surface area contributed by atoms with Crippen molar-refractivity contribution in [3.63, 3.8) is 0 Å². The molecule has 0 saturated heterocycles. The largest absolute Gasteiger partial charge is 0.369 e. The van der Waals surface area contributed by atoms with Gasteiger partial charge in [-0.2, -0.15) is 4.98 Å². The predicted octanol–water partition coefficient (Wildman–Crippen LogP) is -0.403. The number of carbonyl (C=O) groups is 1. The lowest BCUT2D eigenvalue weighted by Crippen LogP contribution is -2.28. The van der Waals surface area contributed by atoms with Crippen LogP contribution in [-0.4, -0.2) is 22.6 Å². The van der Waals surface area contributed by atoms with Gasteiger partial charge in [0, 0.05) is 6.42 Å². The number of amides is 1. The van der Waals surface area contributed by atoms with E-state index in [-0.39, 0.29) is 6.54 Å². The second-order valence-electron chi connectivity index (χ2n) is 3.82. The molecular formula is C9H14N4O2. The normalized spacial score (nSPS) is 15.5.